The average molecular weight is 311 g/mol. The third kappa shape index (κ3) is 3.81. The first-order valence-electron chi connectivity index (χ1n) is 6.31. The summed E-state index contributed by atoms with van der Waals surface area (Å²) < 4.78 is 33.8. The van der Waals surface area contributed by atoms with Crippen molar-refractivity contribution in [2.45, 2.75) is 18.0 Å². The van der Waals surface area contributed by atoms with Gasteiger partial charge in [-0.3, -0.25) is 4.68 Å². The summed E-state index contributed by atoms with van der Waals surface area (Å²) in [6.45, 7) is 0.393. The minimum Gasteiger partial charge on any atom is -0.495 e. The van der Waals surface area contributed by atoms with E-state index in [1.807, 2.05) is 0 Å². The molecule has 0 saturated heterocycles. The molecule has 7 nitrogen and oxygen atoms in total. The summed E-state index contributed by atoms with van der Waals surface area (Å²) in [6, 6.07) is 6.30. The molecule has 114 valence electrons. The third-order valence-corrected chi connectivity index (χ3v) is 4.37. The fourth-order valence-electron chi connectivity index (χ4n) is 1.83. The van der Waals surface area contributed by atoms with Gasteiger partial charge in [-0.1, -0.05) is 6.07 Å². The lowest BCUT2D eigenvalue weighted by Gasteiger charge is -2.12. The van der Waals surface area contributed by atoms with Gasteiger partial charge in [0.05, 0.1) is 20.3 Å². The lowest BCUT2D eigenvalue weighted by Crippen LogP contribution is -2.28. The minimum atomic E-state index is -3.72. The van der Waals surface area contributed by atoms with E-state index in [1.165, 1.54) is 19.2 Å². The summed E-state index contributed by atoms with van der Waals surface area (Å²) >= 11 is 0. The molecule has 0 amide bonds. The number of hydrogen-bond donors (Lipinski definition) is 2. The van der Waals surface area contributed by atoms with Crippen LogP contribution in [0.4, 0.5) is 0 Å². The summed E-state index contributed by atoms with van der Waals surface area (Å²) in [4.78, 5) is 0.0111. The third-order valence-electron chi connectivity index (χ3n) is 2.89. The van der Waals surface area contributed by atoms with Gasteiger partial charge in [-0.2, -0.15) is 5.10 Å². The maximum absolute atomic E-state index is 12.3. The molecule has 0 aliphatic heterocycles. The zero-order valence-corrected chi connectivity index (χ0v) is 12.4. The van der Waals surface area contributed by atoms with Crippen LogP contribution in [0.25, 0.3) is 0 Å². The fourth-order valence-corrected chi connectivity index (χ4v) is 3.07. The van der Waals surface area contributed by atoms with E-state index in [0.717, 1.165) is 0 Å². The molecule has 0 aliphatic carbocycles. The molecule has 0 bridgehead atoms. The van der Waals surface area contributed by atoms with E-state index in [0.29, 0.717) is 12.1 Å². The molecule has 21 heavy (non-hydrogen) atoms. The molecular formula is C13H17N3O4S. The summed E-state index contributed by atoms with van der Waals surface area (Å²) in [6.07, 6.45) is 3.38. The normalized spacial score (nSPS) is 11.5. The number of sulfonamides is 1. The maximum Gasteiger partial charge on any atom is 0.244 e. The lowest BCUT2D eigenvalue weighted by molar-refractivity contribution is 0.281. The van der Waals surface area contributed by atoms with Gasteiger partial charge in [0.25, 0.3) is 0 Å². The second-order valence-electron chi connectivity index (χ2n) is 4.31. The van der Waals surface area contributed by atoms with Crippen LogP contribution in [0.15, 0.2) is 41.6 Å². The molecule has 0 atom stereocenters. The van der Waals surface area contributed by atoms with Gasteiger partial charge in [0.15, 0.2) is 0 Å². The number of aliphatic hydroxyl groups is 1. The zero-order valence-electron chi connectivity index (χ0n) is 11.6. The van der Waals surface area contributed by atoms with E-state index >= 15 is 0 Å². The molecule has 1 aromatic heterocycles. The predicted octanol–water partition coefficient (Wildman–Crippen LogP) is 0.362. The molecule has 2 rings (SSSR count). The van der Waals surface area contributed by atoms with Crippen LogP contribution in [0.1, 0.15) is 5.56 Å². The average Bonchev–Trinajstić information content (AvgIpc) is 2.99. The smallest absolute Gasteiger partial charge is 0.244 e. The van der Waals surface area contributed by atoms with Crippen molar-refractivity contribution in [1.82, 2.24) is 14.5 Å². The molecule has 2 N–H and O–H groups in total. The van der Waals surface area contributed by atoms with E-state index in [9.17, 15) is 8.42 Å². The Bertz CT molecular complexity index is 683. The van der Waals surface area contributed by atoms with Gasteiger partial charge < -0.3 is 9.84 Å². The highest BCUT2D eigenvalue weighted by molar-refractivity contribution is 7.89. The molecule has 8 heteroatoms. The molecular weight excluding hydrogens is 294 g/mol. The number of nitrogens with one attached hydrogen (secondary N) is 1. The van der Waals surface area contributed by atoms with E-state index in [4.69, 9.17) is 9.84 Å². The van der Waals surface area contributed by atoms with Crippen LogP contribution in [0.5, 0.6) is 5.75 Å². The number of ether oxygens (including phenoxy) is 1. The largest absolute Gasteiger partial charge is 0.495 e. The summed E-state index contributed by atoms with van der Waals surface area (Å²) in [7, 11) is -2.32. The van der Waals surface area contributed by atoms with Crippen molar-refractivity contribution >= 4 is 10.0 Å². The Kier molecular flexibility index (Phi) is 4.94. The Hall–Kier alpha value is -1.90. The number of methoxy groups -OCH3 is 1. The van der Waals surface area contributed by atoms with E-state index in [2.05, 4.69) is 9.82 Å². The molecule has 0 radical (unpaired) electrons. The van der Waals surface area contributed by atoms with Crippen LogP contribution < -0.4 is 9.46 Å². The Balaban J connectivity index is 2.14. The van der Waals surface area contributed by atoms with Crippen LogP contribution in [-0.2, 0) is 23.2 Å². The topological polar surface area (TPSA) is 93.5 Å². The van der Waals surface area contributed by atoms with Crippen LogP contribution >= 0.6 is 0 Å². The molecule has 0 fully saturated rings. The second-order valence-corrected chi connectivity index (χ2v) is 6.05. The number of rotatable bonds is 7. The van der Waals surface area contributed by atoms with Crippen molar-refractivity contribution in [3.63, 3.8) is 0 Å². The lowest BCUT2D eigenvalue weighted by atomic mass is 10.2. The SMILES string of the molecule is COc1ccc(CO)cc1S(=O)(=O)NCCn1cccn1. The minimum absolute atomic E-state index is 0.0111. The van der Waals surface area contributed by atoms with Crippen LogP contribution in [-0.4, -0.2) is 37.0 Å². The zero-order chi connectivity index (χ0) is 15.3. The van der Waals surface area contributed by atoms with Gasteiger partial charge in [0.1, 0.15) is 10.6 Å². The monoisotopic (exact) mass is 311 g/mol. The Morgan fingerprint density at radius 1 is 1.43 bits per heavy atom. The van der Waals surface area contributed by atoms with Gasteiger partial charge in [-0.05, 0) is 23.8 Å². The quantitative estimate of drug-likeness (QED) is 0.770. The van der Waals surface area contributed by atoms with E-state index < -0.39 is 10.0 Å². The molecule has 0 aliphatic rings. The van der Waals surface area contributed by atoms with Gasteiger partial charge in [-0.15, -0.1) is 0 Å². The molecule has 1 aromatic carbocycles. The highest BCUT2D eigenvalue weighted by Gasteiger charge is 2.19. The van der Waals surface area contributed by atoms with E-state index in [1.54, 1.807) is 29.2 Å². The number of hydrogen-bond acceptors (Lipinski definition) is 5. The number of aromatic nitrogens is 2. The first-order valence-corrected chi connectivity index (χ1v) is 7.80. The van der Waals surface area contributed by atoms with Crippen LogP contribution in [0.2, 0.25) is 0 Å². The number of aliphatic hydroxyl groups excluding tert-OH is 1. The highest BCUT2D eigenvalue weighted by Crippen LogP contribution is 2.24. The van der Waals surface area contributed by atoms with Crippen molar-refractivity contribution in [2.24, 2.45) is 0 Å². The second kappa shape index (κ2) is 6.70. The van der Waals surface area contributed by atoms with E-state index in [-0.39, 0.29) is 23.8 Å². The van der Waals surface area contributed by atoms with Crippen LogP contribution in [0.3, 0.4) is 0 Å². The standard InChI is InChI=1S/C13H17N3O4S/c1-20-12-4-3-11(10-17)9-13(12)21(18,19)15-6-8-16-7-2-5-14-16/h2-5,7,9,15,17H,6,8,10H2,1H3. The fraction of sp³-hybridized carbons (Fsp3) is 0.308. The van der Waals surface area contributed by atoms with Crippen molar-refractivity contribution in [1.29, 1.82) is 0 Å². The molecule has 0 saturated carbocycles. The predicted molar refractivity (Wildman–Crippen MR) is 76.3 cm³/mol. The van der Waals surface area contributed by atoms with Crippen molar-refractivity contribution in [2.75, 3.05) is 13.7 Å². The van der Waals surface area contributed by atoms with Crippen molar-refractivity contribution in [3.8, 4) is 5.75 Å². The molecule has 2 aromatic rings. The summed E-state index contributed by atoms with van der Waals surface area (Å²) in [5.41, 5.74) is 0.503. The first-order chi connectivity index (χ1) is 10.1. The summed E-state index contributed by atoms with van der Waals surface area (Å²) in [5, 5.41) is 13.1. The van der Waals surface area contributed by atoms with Gasteiger partial charge in [0.2, 0.25) is 10.0 Å². The molecule has 1 heterocycles. The Labute approximate surface area is 123 Å². The van der Waals surface area contributed by atoms with Crippen molar-refractivity contribution < 1.29 is 18.3 Å². The van der Waals surface area contributed by atoms with Gasteiger partial charge in [-0.25, -0.2) is 13.1 Å². The summed E-state index contributed by atoms with van der Waals surface area (Å²) in [5.74, 6) is 0.235. The number of nitrogens with zero attached hydrogens (tertiary/aromatic N) is 2. The molecule has 0 spiro atoms. The molecule has 0 unspecified atom stereocenters. The van der Waals surface area contributed by atoms with Crippen molar-refractivity contribution in [3.05, 3.63) is 42.2 Å². The number of benzene rings is 1. The maximum atomic E-state index is 12.3. The highest BCUT2D eigenvalue weighted by atomic mass is 32.2. The Morgan fingerprint density at radius 3 is 2.86 bits per heavy atom. The van der Waals surface area contributed by atoms with Crippen LogP contribution in [0, 0.1) is 0 Å². The van der Waals surface area contributed by atoms with Gasteiger partial charge in [0, 0.05) is 18.9 Å². The first kappa shape index (κ1) is 15.5. The Morgan fingerprint density at radius 2 is 2.24 bits per heavy atom. The van der Waals surface area contributed by atoms with Gasteiger partial charge >= 0.3 is 0 Å².